The zero-order valence-electron chi connectivity index (χ0n) is 68.1. The highest BCUT2D eigenvalue weighted by atomic mass is 19.3. The Labute approximate surface area is 679 Å². The Hall–Kier alpha value is -11.5. The van der Waals surface area contributed by atoms with Crippen LogP contribution in [0.25, 0.3) is 20.9 Å². The molecule has 3 heterocycles. The predicted molar refractivity (Wildman–Crippen MR) is 405 cm³/mol. The minimum atomic E-state index is -3.34. The quantitative estimate of drug-likeness (QED) is 0.00861. The van der Waals surface area contributed by atoms with Crippen LogP contribution >= 0.6 is 0 Å². The molecule has 14 N–H and O–H groups in total. The summed E-state index contributed by atoms with van der Waals surface area (Å²) in [7, 11) is 0. The zero-order valence-corrected chi connectivity index (χ0v) is 68.1. The molecule has 2 aromatic carbocycles. The number of quaternary nitrogens is 1. The Morgan fingerprint density at radius 2 is 1.07 bits per heavy atom. The molecule has 46 heteroatoms. The number of esters is 7. The lowest BCUT2D eigenvalue weighted by Gasteiger charge is -2.26. The number of ether oxygens (including phenoxy) is 10. The molecule has 2 unspecified atom stereocenters. The molecule has 118 heavy (non-hydrogen) atoms. The number of azide groups is 2. The van der Waals surface area contributed by atoms with Crippen molar-refractivity contribution in [3.05, 3.63) is 92.7 Å². The van der Waals surface area contributed by atoms with Gasteiger partial charge in [0.15, 0.2) is 0 Å². The van der Waals surface area contributed by atoms with Crippen LogP contribution in [0.5, 0.6) is 0 Å². The van der Waals surface area contributed by atoms with Crippen molar-refractivity contribution in [1.29, 1.82) is 0 Å². The number of aliphatic hydroxyl groups is 2. The second kappa shape index (κ2) is 62.7. The van der Waals surface area contributed by atoms with Gasteiger partial charge in [0, 0.05) is 63.3 Å². The van der Waals surface area contributed by atoms with Gasteiger partial charge in [0.05, 0.1) is 45.8 Å². The second-order valence-corrected chi connectivity index (χ2v) is 27.0. The van der Waals surface area contributed by atoms with Crippen LogP contribution in [-0.2, 0) is 118 Å². The number of hydrogen-bond donors (Lipinski definition) is 12. The number of carbonyl (C=O) groups excluding carboxylic acids is 15. The van der Waals surface area contributed by atoms with Crippen LogP contribution in [0, 0.1) is 5.92 Å². The van der Waals surface area contributed by atoms with Crippen molar-refractivity contribution in [2.24, 2.45) is 16.1 Å². The van der Waals surface area contributed by atoms with E-state index in [0.717, 1.165) is 17.7 Å². The number of cyclic esters (lactones) is 4. The van der Waals surface area contributed by atoms with E-state index in [1.54, 1.807) is 48.5 Å². The average molecular weight is 1690 g/mol. The van der Waals surface area contributed by atoms with Gasteiger partial charge in [-0.3, -0.25) is 47.9 Å². The van der Waals surface area contributed by atoms with Crippen LogP contribution in [0.3, 0.4) is 0 Å². The first kappa shape index (κ1) is 109. The number of carbonyl (C=O) groups is 15. The van der Waals surface area contributed by atoms with E-state index in [0.29, 0.717) is 64.3 Å². The molecule has 3 aliphatic heterocycles. The molecule has 0 bridgehead atoms. The Morgan fingerprint density at radius 1 is 0.610 bits per heavy atom. The first-order chi connectivity index (χ1) is 55.4. The molecule has 3 saturated heterocycles. The fraction of sp³-hybridized carbons (Fsp3) is 0.625. The minimum Gasteiger partial charge on any atom is -0.544 e. The van der Waals surface area contributed by atoms with Gasteiger partial charge in [-0.2, -0.15) is 0 Å². The van der Waals surface area contributed by atoms with Crippen LogP contribution in [0.4, 0.5) is 23.2 Å². The standard InChI is InChI=1S/C32H50N8O9.C14H18N2O5.C9H13NO5.C7H13NO3.C4H10N4O.C4H6O3.C2H2F2O2/c1-6-11-24(29(44)39-26(20-27(42)49-32(3,4)5)28(43)34-16-18-47-19-17-36-40-33)38-30(45)25(37-22(2)41)14-10-15-35-31(46)48-21-23-12-8-7-9-13-23;17-12-11(16-14(19)21-12)7-4-8-15-13(18)20-9-10-5-2-1-3-6-10;1-9(2,3)15-6(11)4-5-7(12)14-8(13)10-5;1-4(2)3-5-6(9)11-7(10)8-5;5-1-3-9-4-2-7-8-6;1-3(5)7-4(2)6;3-1(4)2(5)6/h7-9,12-13,24-26H,6,10-11,14-21H2,1-5H3,(H,34,43)(H,35,46)(H,37,41)(H,38,45)(H,39,44);1-3,5-6,11,14,16,19H,4,7-9H2,(H,15,18);5H,4H2,1-3H3,(H,10,13);4-5,7-8,10H,3H2,1-2H3;1-5H2;1-2H3;1H,(H,5,6)/t24-,25+,26+;11-,14?;5-;5-,7?;;;/m1001.../s1. The lowest BCUT2D eigenvalue weighted by atomic mass is 10.0. The smallest absolute Gasteiger partial charge is 0.415 e. The van der Waals surface area contributed by atoms with Crippen LogP contribution in [-0.4, -0.2) is 232 Å². The van der Waals surface area contributed by atoms with Gasteiger partial charge in [-0.25, -0.2) is 38.6 Å². The lowest BCUT2D eigenvalue weighted by Crippen LogP contribution is -2.57. The summed E-state index contributed by atoms with van der Waals surface area (Å²) >= 11 is 0. The van der Waals surface area contributed by atoms with Crippen LogP contribution in [0.15, 0.2) is 70.9 Å². The third-order valence-electron chi connectivity index (χ3n) is 13.7. The molecule has 0 aromatic heterocycles. The van der Waals surface area contributed by atoms with E-state index in [-0.39, 0.29) is 77.3 Å². The first-order valence-electron chi connectivity index (χ1n) is 36.9. The van der Waals surface area contributed by atoms with E-state index in [1.165, 1.54) is 20.8 Å². The number of halogens is 2. The summed E-state index contributed by atoms with van der Waals surface area (Å²) in [5, 5.41) is 56.3. The largest absolute Gasteiger partial charge is 0.544 e. The molecule has 44 nitrogen and oxygen atoms in total. The third-order valence-corrected chi connectivity index (χ3v) is 13.7. The molecule has 0 radical (unpaired) electrons. The molecular formula is C72H112F2N16O28. The Balaban J connectivity index is 0. The summed E-state index contributed by atoms with van der Waals surface area (Å²) in [6, 6.07) is 13.3. The minimum absolute atomic E-state index is 0.0446. The molecule has 3 aliphatic rings. The molecule has 2 aromatic rings. The van der Waals surface area contributed by atoms with E-state index in [9.17, 15) is 75.9 Å². The number of rotatable bonds is 38. The number of alkyl halides is 2. The van der Waals surface area contributed by atoms with Gasteiger partial charge >= 0.3 is 60.1 Å². The van der Waals surface area contributed by atoms with Crippen LogP contribution in [0.1, 0.15) is 152 Å². The number of hydrogen-bond acceptors (Lipinski definition) is 32. The van der Waals surface area contributed by atoms with Gasteiger partial charge in [-0.05, 0) is 108 Å². The number of carboxylic acid groups (broad SMARTS) is 1. The summed E-state index contributed by atoms with van der Waals surface area (Å²) in [5.41, 5.74) is 20.0. The van der Waals surface area contributed by atoms with Crippen molar-refractivity contribution in [3.8, 4) is 0 Å². The van der Waals surface area contributed by atoms with E-state index in [4.69, 9.17) is 59.6 Å². The predicted octanol–water partition coefficient (Wildman–Crippen LogP) is 1.46. The summed E-state index contributed by atoms with van der Waals surface area (Å²) in [4.78, 5) is 176. The van der Waals surface area contributed by atoms with E-state index in [2.05, 4.69) is 92.6 Å². The molecule has 7 amide bonds. The molecule has 662 valence electrons. The van der Waals surface area contributed by atoms with Crippen molar-refractivity contribution in [2.75, 3.05) is 65.7 Å². The number of nitrogens with zero attached hydrogens (tertiary/aromatic N) is 6. The fourth-order valence-electron chi connectivity index (χ4n) is 8.94. The number of aliphatic hydroxyl groups excluding tert-OH is 2. The van der Waals surface area contributed by atoms with Crippen molar-refractivity contribution in [1.82, 2.24) is 47.9 Å². The van der Waals surface area contributed by atoms with Crippen LogP contribution in [0.2, 0.25) is 0 Å². The molecule has 0 aliphatic carbocycles. The molecule has 8 atom stereocenters. The van der Waals surface area contributed by atoms with E-state index in [1.807, 2.05) is 74.5 Å². The molecule has 3 fully saturated rings. The fourth-order valence-corrected chi connectivity index (χ4v) is 8.94. The van der Waals surface area contributed by atoms with Gasteiger partial charge in [-0.1, -0.05) is 98.1 Å². The van der Waals surface area contributed by atoms with Gasteiger partial charge in [0.2, 0.25) is 23.6 Å². The third kappa shape index (κ3) is 60.1. The highest BCUT2D eigenvalue weighted by Crippen LogP contribution is 2.16. The average Bonchev–Trinajstić information content (AvgIpc) is 1.44. The summed E-state index contributed by atoms with van der Waals surface area (Å²) in [5.74, 6) is -8.38. The van der Waals surface area contributed by atoms with Crippen molar-refractivity contribution in [3.63, 3.8) is 0 Å². The van der Waals surface area contributed by atoms with Gasteiger partial charge in [0.1, 0.15) is 66.6 Å². The van der Waals surface area contributed by atoms with Crippen molar-refractivity contribution < 1.29 is 149 Å². The van der Waals surface area contributed by atoms with E-state index < -0.39 is 151 Å². The topological polar surface area (TPSA) is 645 Å². The Kier molecular flexibility index (Phi) is 57.7. The number of alkyl carbamates (subject to hydrolysis) is 3. The van der Waals surface area contributed by atoms with Gasteiger partial charge < -0.3 is 110 Å². The zero-order chi connectivity index (χ0) is 89.8. The lowest BCUT2D eigenvalue weighted by molar-refractivity contribution is -0.374. The highest BCUT2D eigenvalue weighted by molar-refractivity contribution is 5.98. The first-order valence-corrected chi connectivity index (χ1v) is 36.9. The van der Waals surface area contributed by atoms with Crippen LogP contribution < -0.4 is 58.7 Å². The maximum absolute atomic E-state index is 13.4. The van der Waals surface area contributed by atoms with Crippen molar-refractivity contribution in [2.45, 2.75) is 221 Å². The van der Waals surface area contributed by atoms with Crippen molar-refractivity contribution >= 4 is 89.7 Å². The van der Waals surface area contributed by atoms with E-state index >= 15 is 0 Å². The Bertz CT molecular complexity index is 3520. The van der Waals surface area contributed by atoms with Gasteiger partial charge in [-0.15, -0.1) is 0 Å². The number of benzene rings is 2. The molecular weight excluding hydrogens is 1570 g/mol. The number of carboxylic acids is 1. The monoisotopic (exact) mass is 1690 g/mol. The van der Waals surface area contributed by atoms with Gasteiger partial charge in [0.25, 0.3) is 19.3 Å². The number of amides is 7. The Morgan fingerprint density at radius 3 is 1.47 bits per heavy atom. The highest BCUT2D eigenvalue weighted by Gasteiger charge is 2.37. The summed E-state index contributed by atoms with van der Waals surface area (Å²) in [6.07, 6.45) is -5.46. The normalized spacial score (nSPS) is 16.1. The summed E-state index contributed by atoms with van der Waals surface area (Å²) < 4.78 is 68.9. The maximum Gasteiger partial charge on any atom is 0.415 e. The second-order valence-electron chi connectivity index (χ2n) is 27.0. The SMILES string of the molecule is CC(=O)OC(C)=O.CC(C)(C)OC(=O)C[C@@H]1NC(=O)OC1=O.CC(C)C[C@H]1NC(O)OC1=O.CCC[C@@H](NC(=O)[C@H](CCCNC(=O)OCc1ccccc1)NC(C)=O)C(=O)N[C@@H](CC(=O)OC(C)(C)C)C(=O)NCCOCCN=[N+]=[N-].O=C(NCCC[C@@H]1NC(O)OC1=O)OCc1ccccc1.O=C([O-])C(F)F.[N-]=[N+]=NCCOCC[NH3+]. The maximum atomic E-state index is 13.4. The number of aliphatic carboxylic acids is 1. The molecule has 5 rings (SSSR count). The summed E-state index contributed by atoms with van der Waals surface area (Å²) in [6.45, 7) is 23.2. The molecule has 0 saturated carbocycles. The number of nitrogens with one attached hydrogen (secondary N) is 9. The molecule has 0 spiro atoms.